The Morgan fingerprint density at radius 2 is 2.00 bits per heavy atom. The van der Waals surface area contributed by atoms with Crippen molar-refractivity contribution >= 4 is 11.8 Å². The first-order valence-electron chi connectivity index (χ1n) is 6.63. The van der Waals surface area contributed by atoms with Gasteiger partial charge in [0.25, 0.3) is 0 Å². The smallest absolute Gasteiger partial charge is 0.0158 e. The summed E-state index contributed by atoms with van der Waals surface area (Å²) in [5.74, 6) is 2.03. The van der Waals surface area contributed by atoms with Crippen LogP contribution < -0.4 is 5.32 Å². The summed E-state index contributed by atoms with van der Waals surface area (Å²) >= 11 is 1.95. The summed E-state index contributed by atoms with van der Waals surface area (Å²) < 4.78 is 0. The van der Waals surface area contributed by atoms with E-state index in [-0.39, 0.29) is 0 Å². The molecular formula is C15H23NS. The zero-order valence-electron chi connectivity index (χ0n) is 10.9. The van der Waals surface area contributed by atoms with Gasteiger partial charge < -0.3 is 5.32 Å². The molecule has 1 atom stereocenters. The predicted octanol–water partition coefficient (Wildman–Crippen LogP) is 3.66. The van der Waals surface area contributed by atoms with Gasteiger partial charge in [-0.15, -0.1) is 0 Å². The molecule has 1 aliphatic rings. The van der Waals surface area contributed by atoms with Gasteiger partial charge >= 0.3 is 0 Å². The zero-order valence-corrected chi connectivity index (χ0v) is 11.7. The minimum Gasteiger partial charge on any atom is -0.310 e. The van der Waals surface area contributed by atoms with E-state index in [1.165, 1.54) is 30.6 Å². The molecule has 1 N–H and O–H groups in total. The highest BCUT2D eigenvalue weighted by Crippen LogP contribution is 2.37. The van der Waals surface area contributed by atoms with E-state index < -0.39 is 0 Å². The summed E-state index contributed by atoms with van der Waals surface area (Å²) in [5, 5.41) is 3.78. The summed E-state index contributed by atoms with van der Waals surface area (Å²) in [4.78, 5) is 0. The predicted molar refractivity (Wildman–Crippen MR) is 77.8 cm³/mol. The SMILES string of the molecule is CCC(CSC)NC1CC(c2ccccc2)C1. The van der Waals surface area contributed by atoms with Gasteiger partial charge in [0.15, 0.2) is 0 Å². The summed E-state index contributed by atoms with van der Waals surface area (Å²) in [6, 6.07) is 12.4. The maximum atomic E-state index is 3.78. The lowest BCUT2D eigenvalue weighted by molar-refractivity contribution is 0.269. The molecule has 0 spiro atoms. The highest BCUT2D eigenvalue weighted by Gasteiger charge is 2.30. The van der Waals surface area contributed by atoms with Gasteiger partial charge in [0.2, 0.25) is 0 Å². The van der Waals surface area contributed by atoms with Crippen LogP contribution in [0, 0.1) is 0 Å². The Balaban J connectivity index is 1.75. The maximum absolute atomic E-state index is 3.78. The van der Waals surface area contributed by atoms with Crippen LogP contribution in [0.1, 0.15) is 37.7 Å². The summed E-state index contributed by atoms with van der Waals surface area (Å²) in [7, 11) is 0. The first-order valence-corrected chi connectivity index (χ1v) is 8.02. The lowest BCUT2D eigenvalue weighted by Crippen LogP contribution is -2.46. The third-order valence-electron chi connectivity index (χ3n) is 3.74. The second-order valence-electron chi connectivity index (χ2n) is 5.00. The van der Waals surface area contributed by atoms with Crippen LogP contribution in [0.25, 0.3) is 0 Å². The first kappa shape index (κ1) is 13.0. The van der Waals surface area contributed by atoms with Crippen molar-refractivity contribution < 1.29 is 0 Å². The first-order chi connectivity index (χ1) is 8.33. The Morgan fingerprint density at radius 3 is 2.59 bits per heavy atom. The van der Waals surface area contributed by atoms with Gasteiger partial charge in [0.1, 0.15) is 0 Å². The summed E-state index contributed by atoms with van der Waals surface area (Å²) in [5.41, 5.74) is 1.52. The molecule has 1 nitrogen and oxygen atoms in total. The van der Waals surface area contributed by atoms with Gasteiger partial charge in [-0.1, -0.05) is 37.3 Å². The molecule has 0 aliphatic heterocycles. The average Bonchev–Trinajstić information content (AvgIpc) is 2.33. The molecule has 1 fully saturated rings. The highest BCUT2D eigenvalue weighted by atomic mass is 32.2. The second kappa shape index (κ2) is 6.46. The van der Waals surface area contributed by atoms with Crippen molar-refractivity contribution in [3.8, 4) is 0 Å². The quantitative estimate of drug-likeness (QED) is 0.825. The van der Waals surface area contributed by atoms with Gasteiger partial charge in [-0.2, -0.15) is 11.8 Å². The third-order valence-corrected chi connectivity index (χ3v) is 4.48. The minimum atomic E-state index is 0.701. The molecule has 0 bridgehead atoms. The molecule has 1 unspecified atom stereocenters. The third kappa shape index (κ3) is 3.49. The number of nitrogens with one attached hydrogen (secondary N) is 1. The van der Waals surface area contributed by atoms with Crippen LogP contribution in [-0.4, -0.2) is 24.1 Å². The lowest BCUT2D eigenvalue weighted by Gasteiger charge is -2.38. The minimum absolute atomic E-state index is 0.701. The topological polar surface area (TPSA) is 12.0 Å². The Kier molecular flexibility index (Phi) is 4.93. The van der Waals surface area contributed by atoms with Crippen LogP contribution in [0.3, 0.4) is 0 Å². The van der Waals surface area contributed by atoms with Gasteiger partial charge in [-0.05, 0) is 37.0 Å². The van der Waals surface area contributed by atoms with E-state index in [9.17, 15) is 0 Å². The van der Waals surface area contributed by atoms with Crippen LogP contribution in [0.15, 0.2) is 30.3 Å². The van der Waals surface area contributed by atoms with E-state index in [4.69, 9.17) is 0 Å². The van der Waals surface area contributed by atoms with E-state index in [2.05, 4.69) is 48.8 Å². The van der Waals surface area contributed by atoms with E-state index in [1.807, 2.05) is 11.8 Å². The van der Waals surface area contributed by atoms with Crippen LogP contribution in [0.2, 0.25) is 0 Å². The second-order valence-corrected chi connectivity index (χ2v) is 5.91. The molecule has 0 radical (unpaired) electrons. The van der Waals surface area contributed by atoms with Crippen molar-refractivity contribution in [1.82, 2.24) is 5.32 Å². The molecule has 17 heavy (non-hydrogen) atoms. The Labute approximate surface area is 109 Å². The van der Waals surface area contributed by atoms with Crippen LogP contribution in [0.4, 0.5) is 0 Å². The number of thioether (sulfide) groups is 1. The van der Waals surface area contributed by atoms with Gasteiger partial charge in [0.05, 0.1) is 0 Å². The molecule has 0 heterocycles. The Hall–Kier alpha value is -0.470. The van der Waals surface area contributed by atoms with E-state index in [0.29, 0.717) is 6.04 Å². The van der Waals surface area contributed by atoms with E-state index in [1.54, 1.807) is 0 Å². The van der Waals surface area contributed by atoms with Crippen molar-refractivity contribution in [2.24, 2.45) is 0 Å². The molecule has 0 amide bonds. The fraction of sp³-hybridized carbons (Fsp3) is 0.600. The number of hydrogen-bond donors (Lipinski definition) is 1. The molecule has 1 saturated carbocycles. The van der Waals surface area contributed by atoms with Crippen LogP contribution in [0.5, 0.6) is 0 Å². The number of rotatable bonds is 6. The average molecular weight is 249 g/mol. The standard InChI is InChI=1S/C15H23NS/c1-3-14(11-17-2)16-15-9-13(10-15)12-7-5-4-6-8-12/h4-8,13-16H,3,9-11H2,1-2H3. The van der Waals surface area contributed by atoms with Crippen molar-refractivity contribution in [3.63, 3.8) is 0 Å². The van der Waals surface area contributed by atoms with Crippen molar-refractivity contribution in [3.05, 3.63) is 35.9 Å². The monoisotopic (exact) mass is 249 g/mol. The highest BCUT2D eigenvalue weighted by molar-refractivity contribution is 7.98. The number of hydrogen-bond acceptors (Lipinski definition) is 2. The zero-order chi connectivity index (χ0) is 12.1. The Bertz CT molecular complexity index is 319. The molecular weight excluding hydrogens is 226 g/mol. The summed E-state index contributed by atoms with van der Waals surface area (Å²) in [6.45, 7) is 2.28. The summed E-state index contributed by atoms with van der Waals surface area (Å²) in [6.07, 6.45) is 6.06. The fourth-order valence-electron chi connectivity index (χ4n) is 2.57. The number of benzene rings is 1. The normalized spacial score (nSPS) is 25.3. The molecule has 1 aliphatic carbocycles. The van der Waals surface area contributed by atoms with Gasteiger partial charge in [-0.3, -0.25) is 0 Å². The molecule has 0 saturated heterocycles. The molecule has 2 heteroatoms. The molecule has 1 aromatic rings. The van der Waals surface area contributed by atoms with Gasteiger partial charge in [-0.25, -0.2) is 0 Å². The fourth-order valence-corrected chi connectivity index (χ4v) is 3.30. The van der Waals surface area contributed by atoms with E-state index in [0.717, 1.165) is 12.0 Å². The van der Waals surface area contributed by atoms with Crippen LogP contribution in [-0.2, 0) is 0 Å². The van der Waals surface area contributed by atoms with Crippen molar-refractivity contribution in [2.75, 3.05) is 12.0 Å². The van der Waals surface area contributed by atoms with Crippen molar-refractivity contribution in [2.45, 2.75) is 44.2 Å². The lowest BCUT2D eigenvalue weighted by atomic mass is 9.75. The Morgan fingerprint density at radius 1 is 1.29 bits per heavy atom. The molecule has 1 aromatic carbocycles. The largest absolute Gasteiger partial charge is 0.310 e. The van der Waals surface area contributed by atoms with Gasteiger partial charge in [0, 0.05) is 17.8 Å². The molecule has 94 valence electrons. The molecule has 0 aromatic heterocycles. The molecule has 2 rings (SSSR count). The van der Waals surface area contributed by atoms with Crippen molar-refractivity contribution in [1.29, 1.82) is 0 Å². The van der Waals surface area contributed by atoms with E-state index >= 15 is 0 Å². The van der Waals surface area contributed by atoms with Crippen LogP contribution >= 0.6 is 11.8 Å². The maximum Gasteiger partial charge on any atom is 0.0158 e.